The number of anilines is 2. The van der Waals surface area contributed by atoms with Gasteiger partial charge in [0, 0.05) is 23.5 Å². The zero-order chi connectivity index (χ0) is 21.8. The van der Waals surface area contributed by atoms with Gasteiger partial charge in [0.25, 0.3) is 0 Å². The third-order valence-electron chi connectivity index (χ3n) is 4.95. The summed E-state index contributed by atoms with van der Waals surface area (Å²) in [6.07, 6.45) is 1.84. The van der Waals surface area contributed by atoms with Crippen LogP contribution in [0, 0.1) is 0 Å². The first-order chi connectivity index (χ1) is 15.0. The van der Waals surface area contributed by atoms with E-state index in [-0.39, 0.29) is 12.5 Å². The highest BCUT2D eigenvalue weighted by Crippen LogP contribution is 2.25. The zero-order valence-corrected chi connectivity index (χ0v) is 18.5. The molecule has 0 atom stereocenters. The van der Waals surface area contributed by atoms with E-state index in [1.54, 1.807) is 15.9 Å². The first-order valence-electron chi connectivity index (χ1n) is 10.2. The van der Waals surface area contributed by atoms with Crippen molar-refractivity contribution in [3.63, 3.8) is 0 Å². The summed E-state index contributed by atoms with van der Waals surface area (Å²) in [6.45, 7) is 8.97. The van der Waals surface area contributed by atoms with Crippen LogP contribution < -0.4 is 10.6 Å². The van der Waals surface area contributed by atoms with E-state index in [1.165, 1.54) is 10.4 Å². The van der Waals surface area contributed by atoms with Crippen LogP contribution in [-0.4, -0.2) is 37.8 Å². The maximum absolute atomic E-state index is 9.21. The van der Waals surface area contributed by atoms with E-state index in [4.69, 9.17) is 0 Å². The Hall–Kier alpha value is -3.23. The molecule has 3 aromatic heterocycles. The molecule has 31 heavy (non-hydrogen) atoms. The van der Waals surface area contributed by atoms with Crippen LogP contribution in [-0.2, 0) is 6.54 Å². The van der Waals surface area contributed by atoms with Crippen molar-refractivity contribution in [3.8, 4) is 10.4 Å². The molecule has 0 aliphatic rings. The van der Waals surface area contributed by atoms with Crippen LogP contribution in [0.3, 0.4) is 0 Å². The largest absolute Gasteiger partial charge is 0.392 e. The number of aliphatic hydroxyl groups is 1. The minimum absolute atomic E-state index is 0.0776. The molecule has 0 aliphatic heterocycles. The minimum Gasteiger partial charge on any atom is -0.392 e. The lowest BCUT2D eigenvalue weighted by Crippen LogP contribution is -2.14. The van der Waals surface area contributed by atoms with Crippen LogP contribution in [0.25, 0.3) is 16.1 Å². The highest BCUT2D eigenvalue weighted by atomic mass is 32.1. The van der Waals surface area contributed by atoms with E-state index < -0.39 is 0 Å². The van der Waals surface area contributed by atoms with Gasteiger partial charge in [0.1, 0.15) is 0 Å². The fraction of sp³-hybridized carbons (Fsp3) is 0.261. The molecule has 1 aromatic carbocycles. The number of nitrogens with zero attached hydrogens (tertiary/aromatic N) is 4. The van der Waals surface area contributed by atoms with Crippen LogP contribution in [0.4, 0.5) is 11.9 Å². The molecule has 3 N–H and O–H groups in total. The van der Waals surface area contributed by atoms with Crippen molar-refractivity contribution in [1.29, 1.82) is 0 Å². The van der Waals surface area contributed by atoms with Crippen LogP contribution in [0.15, 0.2) is 60.1 Å². The van der Waals surface area contributed by atoms with Crippen molar-refractivity contribution in [2.24, 2.45) is 0 Å². The Morgan fingerprint density at radius 3 is 2.65 bits per heavy atom. The zero-order valence-electron chi connectivity index (χ0n) is 17.7. The third-order valence-corrected chi connectivity index (χ3v) is 5.87. The smallest absolute Gasteiger partial charge is 0.229 e. The Labute approximate surface area is 185 Å². The topological polar surface area (TPSA) is 87.4 Å². The summed E-state index contributed by atoms with van der Waals surface area (Å²) in [5.74, 6) is 1.36. The standard InChI is InChI=1S/C23H26N6OS/c1-15(2)19-13-26-29-21(19)27-22(24-11-16(3)14-30)28-23(29)25-12-17-6-8-18(9-7-17)20-5-4-10-31-20/h4-10,13,15,30H,3,11-12,14H2,1-2H3,(H2,24,25,27,28). The number of hydrogen-bond acceptors (Lipinski definition) is 7. The number of hydrogen-bond donors (Lipinski definition) is 3. The summed E-state index contributed by atoms with van der Waals surface area (Å²) in [6, 6.07) is 12.7. The molecule has 4 aromatic rings. The lowest BCUT2D eigenvalue weighted by Gasteiger charge is -2.12. The summed E-state index contributed by atoms with van der Waals surface area (Å²) in [7, 11) is 0. The SMILES string of the molecule is C=C(CO)CNc1nc(NCc2ccc(-c3cccs3)cc2)n2ncc(C(C)C)c2n1. The van der Waals surface area contributed by atoms with E-state index >= 15 is 0 Å². The van der Waals surface area contributed by atoms with Gasteiger partial charge in [-0.1, -0.05) is 50.8 Å². The molecule has 4 rings (SSSR count). The first-order valence-corrected chi connectivity index (χ1v) is 11.1. The summed E-state index contributed by atoms with van der Waals surface area (Å²) in [5, 5.41) is 22.3. The number of thiophene rings is 1. The Balaban J connectivity index is 1.57. The maximum atomic E-state index is 9.21. The summed E-state index contributed by atoms with van der Waals surface area (Å²) in [4.78, 5) is 10.5. The Bertz CT molecular complexity index is 1160. The van der Waals surface area contributed by atoms with E-state index in [2.05, 4.69) is 87.9 Å². The molecular weight excluding hydrogens is 408 g/mol. The lowest BCUT2D eigenvalue weighted by atomic mass is 10.1. The minimum atomic E-state index is -0.0776. The highest BCUT2D eigenvalue weighted by molar-refractivity contribution is 7.13. The van der Waals surface area contributed by atoms with Gasteiger partial charge >= 0.3 is 0 Å². The Morgan fingerprint density at radius 1 is 1.16 bits per heavy atom. The van der Waals surface area contributed by atoms with E-state index in [1.807, 2.05) is 6.20 Å². The average molecular weight is 435 g/mol. The van der Waals surface area contributed by atoms with Crippen LogP contribution >= 0.6 is 11.3 Å². The number of rotatable bonds is 9. The number of nitrogens with one attached hydrogen (secondary N) is 2. The molecule has 160 valence electrons. The van der Waals surface area contributed by atoms with E-state index in [9.17, 15) is 5.11 Å². The second kappa shape index (κ2) is 9.28. The molecule has 0 amide bonds. The van der Waals surface area contributed by atoms with Crippen molar-refractivity contribution >= 4 is 28.9 Å². The molecule has 3 heterocycles. The predicted molar refractivity (Wildman–Crippen MR) is 127 cm³/mol. The molecule has 0 spiro atoms. The van der Waals surface area contributed by atoms with Crippen LogP contribution in [0.2, 0.25) is 0 Å². The van der Waals surface area contributed by atoms with Crippen LogP contribution in [0.5, 0.6) is 0 Å². The van der Waals surface area contributed by atoms with E-state index in [0.29, 0.717) is 30.6 Å². The van der Waals surface area contributed by atoms with Crippen molar-refractivity contribution in [3.05, 3.63) is 71.3 Å². The Morgan fingerprint density at radius 2 is 1.97 bits per heavy atom. The van der Waals surface area contributed by atoms with Crippen molar-refractivity contribution in [2.45, 2.75) is 26.3 Å². The van der Waals surface area contributed by atoms with Crippen LogP contribution in [0.1, 0.15) is 30.9 Å². The number of aliphatic hydroxyl groups excluding tert-OH is 1. The molecule has 0 radical (unpaired) electrons. The third kappa shape index (κ3) is 4.76. The molecule has 0 bridgehead atoms. The Kier molecular flexibility index (Phi) is 6.29. The molecule has 7 nitrogen and oxygen atoms in total. The summed E-state index contributed by atoms with van der Waals surface area (Å²) in [5.41, 5.74) is 4.84. The van der Waals surface area contributed by atoms with Gasteiger partial charge in [0.05, 0.1) is 12.8 Å². The van der Waals surface area contributed by atoms with Gasteiger partial charge in [-0.05, 0) is 34.1 Å². The van der Waals surface area contributed by atoms with Gasteiger partial charge in [0.2, 0.25) is 11.9 Å². The van der Waals surface area contributed by atoms with Crippen molar-refractivity contribution < 1.29 is 5.11 Å². The summed E-state index contributed by atoms with van der Waals surface area (Å²) >= 11 is 1.73. The number of aromatic nitrogens is 4. The molecule has 0 fully saturated rings. The molecule has 0 saturated heterocycles. The number of benzene rings is 1. The molecule has 0 unspecified atom stereocenters. The normalized spacial score (nSPS) is 11.2. The molecule has 0 aliphatic carbocycles. The second-order valence-electron chi connectivity index (χ2n) is 7.65. The van der Waals surface area contributed by atoms with Gasteiger partial charge in [0.15, 0.2) is 5.65 Å². The molecular formula is C23H26N6OS. The quantitative estimate of drug-likeness (QED) is 0.335. The average Bonchev–Trinajstić information content (AvgIpc) is 3.46. The van der Waals surface area contributed by atoms with Gasteiger partial charge in [-0.25, -0.2) is 0 Å². The molecule has 0 saturated carbocycles. The molecule has 8 heteroatoms. The van der Waals surface area contributed by atoms with Gasteiger partial charge in [-0.15, -0.1) is 11.3 Å². The van der Waals surface area contributed by atoms with Crippen molar-refractivity contribution in [1.82, 2.24) is 19.6 Å². The lowest BCUT2D eigenvalue weighted by molar-refractivity contribution is 0.331. The second-order valence-corrected chi connectivity index (χ2v) is 8.60. The summed E-state index contributed by atoms with van der Waals surface area (Å²) < 4.78 is 1.74. The van der Waals surface area contributed by atoms with Gasteiger partial charge in [-0.3, -0.25) is 0 Å². The maximum Gasteiger partial charge on any atom is 0.229 e. The van der Waals surface area contributed by atoms with E-state index in [0.717, 1.165) is 16.8 Å². The highest BCUT2D eigenvalue weighted by Gasteiger charge is 2.15. The fourth-order valence-corrected chi connectivity index (χ4v) is 3.90. The van der Waals surface area contributed by atoms with Crippen molar-refractivity contribution in [2.75, 3.05) is 23.8 Å². The first kappa shape index (κ1) is 21.0. The van der Waals surface area contributed by atoms with Gasteiger partial charge in [-0.2, -0.15) is 19.6 Å². The predicted octanol–water partition coefficient (Wildman–Crippen LogP) is 4.55. The van der Waals surface area contributed by atoms with Gasteiger partial charge < -0.3 is 15.7 Å². The number of fused-ring (bicyclic) bond motifs is 1. The fourth-order valence-electron chi connectivity index (χ4n) is 3.17. The monoisotopic (exact) mass is 434 g/mol.